The van der Waals surface area contributed by atoms with Crippen LogP contribution in [0.5, 0.6) is 0 Å². The minimum atomic E-state index is -0.848. The molecule has 0 amide bonds. The average molecular weight is 193 g/mol. The molecule has 0 spiro atoms. The second-order valence-corrected chi connectivity index (χ2v) is 2.98. The molecular weight excluding hydrogens is 182 g/mol. The molecule has 0 saturated heterocycles. The van der Waals surface area contributed by atoms with Crippen molar-refractivity contribution in [3.63, 3.8) is 0 Å². The molecule has 1 unspecified atom stereocenters. The summed E-state index contributed by atoms with van der Waals surface area (Å²) in [6.07, 6.45) is 0.531. The van der Waals surface area contributed by atoms with Gasteiger partial charge in [0.25, 0.3) is 0 Å². The Balaban J connectivity index is 2.94. The second kappa shape index (κ2) is 4.50. The Labute approximate surface area is 81.5 Å². The lowest BCUT2D eigenvalue weighted by Crippen LogP contribution is -2.09. The first-order chi connectivity index (χ1) is 6.69. The fourth-order valence-electron chi connectivity index (χ4n) is 1.32. The van der Waals surface area contributed by atoms with Gasteiger partial charge in [-0.1, -0.05) is 19.1 Å². The highest BCUT2D eigenvalue weighted by Crippen LogP contribution is 2.22. The predicted molar refractivity (Wildman–Crippen MR) is 52.6 cm³/mol. The highest BCUT2D eigenvalue weighted by Gasteiger charge is 2.16. The maximum Gasteiger partial charge on any atom is 0.310 e. The molecule has 1 aromatic rings. The standard InChI is InChI=1S/C10H11NO3/c1-2-9(10(12)13)7-3-5-8(11-14)6-4-7/h3-6,9H,2H2,1H3,(H,12,13). The summed E-state index contributed by atoms with van der Waals surface area (Å²) in [6, 6.07) is 6.29. The number of aliphatic carboxylic acids is 1. The second-order valence-electron chi connectivity index (χ2n) is 2.98. The Hall–Kier alpha value is -1.71. The van der Waals surface area contributed by atoms with Crippen LogP contribution < -0.4 is 0 Å². The molecule has 4 heteroatoms. The van der Waals surface area contributed by atoms with Crippen LogP contribution in [0.2, 0.25) is 0 Å². The predicted octanol–water partition coefficient (Wildman–Crippen LogP) is 2.66. The summed E-state index contributed by atoms with van der Waals surface area (Å²) in [5, 5.41) is 11.6. The Morgan fingerprint density at radius 1 is 1.43 bits per heavy atom. The number of benzene rings is 1. The van der Waals surface area contributed by atoms with Crippen molar-refractivity contribution >= 4 is 11.7 Å². The van der Waals surface area contributed by atoms with Gasteiger partial charge >= 0.3 is 5.97 Å². The van der Waals surface area contributed by atoms with E-state index in [-0.39, 0.29) is 0 Å². The lowest BCUT2D eigenvalue weighted by Gasteiger charge is -2.09. The SMILES string of the molecule is CCC(C(=O)O)c1ccc(N=O)cc1. The summed E-state index contributed by atoms with van der Waals surface area (Å²) in [6.45, 7) is 1.81. The number of nitroso groups, excluding NO2 is 1. The average Bonchev–Trinajstić information content (AvgIpc) is 2.19. The van der Waals surface area contributed by atoms with Gasteiger partial charge in [0.2, 0.25) is 0 Å². The molecule has 1 N–H and O–H groups in total. The third kappa shape index (κ3) is 2.16. The van der Waals surface area contributed by atoms with E-state index < -0.39 is 11.9 Å². The molecule has 1 aromatic carbocycles. The van der Waals surface area contributed by atoms with Gasteiger partial charge in [0, 0.05) is 0 Å². The van der Waals surface area contributed by atoms with Crippen LogP contribution in [0.25, 0.3) is 0 Å². The van der Waals surface area contributed by atoms with Crippen molar-refractivity contribution in [1.29, 1.82) is 0 Å². The number of nitrogens with zero attached hydrogens (tertiary/aromatic N) is 1. The molecule has 0 saturated carbocycles. The van der Waals surface area contributed by atoms with Crippen LogP contribution in [0, 0.1) is 4.91 Å². The summed E-state index contributed by atoms with van der Waals surface area (Å²) in [4.78, 5) is 20.9. The molecule has 0 heterocycles. The molecule has 0 aliphatic heterocycles. The van der Waals surface area contributed by atoms with Crippen LogP contribution in [-0.2, 0) is 4.79 Å². The van der Waals surface area contributed by atoms with Crippen molar-refractivity contribution in [1.82, 2.24) is 0 Å². The van der Waals surface area contributed by atoms with Gasteiger partial charge in [-0.15, -0.1) is 4.91 Å². The fourth-order valence-corrected chi connectivity index (χ4v) is 1.32. The highest BCUT2D eigenvalue weighted by molar-refractivity contribution is 5.76. The van der Waals surface area contributed by atoms with Crippen molar-refractivity contribution in [3.05, 3.63) is 34.7 Å². The molecule has 1 atom stereocenters. The molecule has 14 heavy (non-hydrogen) atoms. The normalized spacial score (nSPS) is 12.1. The van der Waals surface area contributed by atoms with Crippen molar-refractivity contribution in [2.45, 2.75) is 19.3 Å². The molecule has 4 nitrogen and oxygen atoms in total. The molecule has 0 radical (unpaired) electrons. The number of rotatable bonds is 4. The smallest absolute Gasteiger partial charge is 0.310 e. The Bertz CT molecular complexity index is 332. The Morgan fingerprint density at radius 3 is 2.36 bits per heavy atom. The van der Waals surface area contributed by atoms with E-state index in [0.717, 1.165) is 0 Å². The molecule has 0 aromatic heterocycles. The topological polar surface area (TPSA) is 66.7 Å². The highest BCUT2D eigenvalue weighted by atomic mass is 16.4. The van der Waals surface area contributed by atoms with Gasteiger partial charge in [0.15, 0.2) is 0 Å². The van der Waals surface area contributed by atoms with Gasteiger partial charge in [0.1, 0.15) is 5.69 Å². The zero-order chi connectivity index (χ0) is 10.6. The van der Waals surface area contributed by atoms with Gasteiger partial charge in [0.05, 0.1) is 5.92 Å². The maximum absolute atomic E-state index is 10.8. The van der Waals surface area contributed by atoms with Gasteiger partial charge in [-0.25, -0.2) is 0 Å². The molecule has 1 rings (SSSR count). The zero-order valence-electron chi connectivity index (χ0n) is 7.80. The molecule has 0 fully saturated rings. The molecular formula is C10H11NO3. The van der Waals surface area contributed by atoms with Crippen molar-refractivity contribution < 1.29 is 9.90 Å². The fraction of sp³-hybridized carbons (Fsp3) is 0.300. The van der Waals surface area contributed by atoms with Gasteiger partial charge < -0.3 is 5.11 Å². The van der Waals surface area contributed by atoms with Crippen molar-refractivity contribution in [2.75, 3.05) is 0 Å². The lowest BCUT2D eigenvalue weighted by atomic mass is 9.97. The van der Waals surface area contributed by atoms with Crippen molar-refractivity contribution in [3.8, 4) is 0 Å². The van der Waals surface area contributed by atoms with Crippen LogP contribution in [0.1, 0.15) is 24.8 Å². The first kappa shape index (κ1) is 10.4. The maximum atomic E-state index is 10.8. The van der Waals surface area contributed by atoms with Gasteiger partial charge in [-0.2, -0.15) is 0 Å². The van der Waals surface area contributed by atoms with Crippen LogP contribution >= 0.6 is 0 Å². The van der Waals surface area contributed by atoms with Crippen molar-refractivity contribution in [2.24, 2.45) is 5.18 Å². The van der Waals surface area contributed by atoms with Crippen LogP contribution in [0.3, 0.4) is 0 Å². The third-order valence-electron chi connectivity index (χ3n) is 2.11. The van der Waals surface area contributed by atoms with E-state index in [2.05, 4.69) is 5.18 Å². The van der Waals surface area contributed by atoms with Crippen LogP contribution in [0.15, 0.2) is 29.4 Å². The molecule has 0 aliphatic rings. The van der Waals surface area contributed by atoms with E-state index in [1.165, 1.54) is 12.1 Å². The Morgan fingerprint density at radius 2 is 2.00 bits per heavy atom. The number of carbonyl (C=O) groups is 1. The van der Waals surface area contributed by atoms with E-state index in [0.29, 0.717) is 17.7 Å². The zero-order valence-corrected chi connectivity index (χ0v) is 7.80. The third-order valence-corrected chi connectivity index (χ3v) is 2.11. The largest absolute Gasteiger partial charge is 0.481 e. The molecule has 0 bridgehead atoms. The molecule has 0 aliphatic carbocycles. The van der Waals surface area contributed by atoms with E-state index in [1.807, 2.05) is 6.92 Å². The summed E-state index contributed by atoms with van der Waals surface area (Å²) in [7, 11) is 0. The number of hydrogen-bond donors (Lipinski definition) is 1. The van der Waals surface area contributed by atoms with E-state index in [1.54, 1.807) is 12.1 Å². The monoisotopic (exact) mass is 193 g/mol. The lowest BCUT2D eigenvalue weighted by molar-refractivity contribution is -0.138. The summed E-state index contributed by atoms with van der Waals surface area (Å²) in [5.74, 6) is -1.35. The Kier molecular flexibility index (Phi) is 3.34. The van der Waals surface area contributed by atoms with Gasteiger partial charge in [-0.05, 0) is 29.3 Å². The minimum absolute atomic E-state index is 0.314. The molecule has 74 valence electrons. The van der Waals surface area contributed by atoms with E-state index in [4.69, 9.17) is 5.11 Å². The first-order valence-corrected chi connectivity index (χ1v) is 4.35. The number of carboxylic acid groups (broad SMARTS) is 1. The van der Waals surface area contributed by atoms with Crippen LogP contribution in [-0.4, -0.2) is 11.1 Å². The number of hydrogen-bond acceptors (Lipinski definition) is 3. The summed E-state index contributed by atoms with van der Waals surface area (Å²) < 4.78 is 0. The minimum Gasteiger partial charge on any atom is -0.481 e. The van der Waals surface area contributed by atoms with Crippen LogP contribution in [0.4, 0.5) is 5.69 Å². The summed E-state index contributed by atoms with van der Waals surface area (Å²) in [5.41, 5.74) is 1.02. The van der Waals surface area contributed by atoms with E-state index >= 15 is 0 Å². The van der Waals surface area contributed by atoms with Gasteiger partial charge in [-0.3, -0.25) is 4.79 Å². The summed E-state index contributed by atoms with van der Waals surface area (Å²) >= 11 is 0. The quantitative estimate of drug-likeness (QED) is 0.747. The first-order valence-electron chi connectivity index (χ1n) is 4.35. The number of carboxylic acids is 1. The van der Waals surface area contributed by atoms with E-state index in [9.17, 15) is 9.70 Å².